The van der Waals surface area contributed by atoms with Crippen molar-refractivity contribution >= 4 is 5.91 Å². The number of carbonyl (C=O) groups excluding carboxylic acids is 1. The first-order chi connectivity index (χ1) is 9.47. The Morgan fingerprint density at radius 2 is 2.20 bits per heavy atom. The van der Waals surface area contributed by atoms with E-state index in [2.05, 4.69) is 35.9 Å². The fraction of sp³-hybridized carbons (Fsp3) is 0.750. The van der Waals surface area contributed by atoms with Crippen molar-refractivity contribution in [1.82, 2.24) is 15.1 Å². The average molecular weight is 277 g/mol. The number of nitrogens with zero attached hydrogens (tertiary/aromatic N) is 2. The summed E-state index contributed by atoms with van der Waals surface area (Å²) in [5, 5.41) is 6.71. The molecule has 4 nitrogen and oxygen atoms in total. The molecule has 1 amide bonds. The van der Waals surface area contributed by atoms with Crippen LogP contribution >= 0.6 is 0 Å². The van der Waals surface area contributed by atoms with Gasteiger partial charge in [0.15, 0.2) is 0 Å². The van der Waals surface area contributed by atoms with Crippen molar-refractivity contribution < 1.29 is 4.79 Å². The number of hydrogen-bond donors (Lipinski definition) is 1. The monoisotopic (exact) mass is 277 g/mol. The number of aromatic nitrogens is 2. The number of likely N-dealkylation sites (tertiary alicyclic amines) is 1. The maximum atomic E-state index is 12.3. The molecule has 1 aliphatic rings. The number of H-pyrrole nitrogens is 1. The van der Waals surface area contributed by atoms with E-state index in [4.69, 9.17) is 0 Å². The predicted molar refractivity (Wildman–Crippen MR) is 80.3 cm³/mol. The van der Waals surface area contributed by atoms with Gasteiger partial charge in [0.1, 0.15) is 0 Å². The molecule has 1 saturated heterocycles. The quantitative estimate of drug-likeness (QED) is 0.923. The lowest BCUT2D eigenvalue weighted by Gasteiger charge is -2.29. The van der Waals surface area contributed by atoms with Gasteiger partial charge in [0.2, 0.25) is 5.91 Å². The van der Waals surface area contributed by atoms with Gasteiger partial charge in [-0.1, -0.05) is 20.8 Å². The summed E-state index contributed by atoms with van der Waals surface area (Å²) in [6, 6.07) is 0. The van der Waals surface area contributed by atoms with Gasteiger partial charge >= 0.3 is 0 Å². The molecular weight excluding hydrogens is 250 g/mol. The van der Waals surface area contributed by atoms with Gasteiger partial charge in [-0.2, -0.15) is 5.10 Å². The van der Waals surface area contributed by atoms with Gasteiger partial charge in [0.05, 0.1) is 6.20 Å². The summed E-state index contributed by atoms with van der Waals surface area (Å²) in [6.07, 6.45) is 8.57. The highest BCUT2D eigenvalue weighted by Crippen LogP contribution is 2.34. The predicted octanol–water partition coefficient (Wildman–Crippen LogP) is 3.02. The van der Waals surface area contributed by atoms with E-state index in [9.17, 15) is 4.79 Å². The highest BCUT2D eigenvalue weighted by atomic mass is 16.2. The number of amides is 1. The first kappa shape index (κ1) is 15.1. The first-order valence-electron chi connectivity index (χ1n) is 7.72. The van der Waals surface area contributed by atoms with Crippen LogP contribution < -0.4 is 0 Å². The Hall–Kier alpha value is -1.32. The van der Waals surface area contributed by atoms with Gasteiger partial charge in [0, 0.05) is 25.7 Å². The highest BCUT2D eigenvalue weighted by Gasteiger charge is 2.28. The van der Waals surface area contributed by atoms with E-state index in [1.54, 1.807) is 6.20 Å². The number of nitrogens with one attached hydrogen (secondary N) is 1. The van der Waals surface area contributed by atoms with Gasteiger partial charge in [-0.25, -0.2) is 0 Å². The maximum absolute atomic E-state index is 12.3. The molecule has 0 unspecified atom stereocenters. The van der Waals surface area contributed by atoms with Crippen molar-refractivity contribution in [2.45, 2.75) is 52.9 Å². The number of aryl methyl sites for hydroxylation is 1. The molecule has 1 aromatic rings. The lowest BCUT2D eigenvalue weighted by molar-refractivity contribution is -0.131. The molecule has 2 rings (SSSR count). The third kappa shape index (κ3) is 4.09. The van der Waals surface area contributed by atoms with Crippen molar-refractivity contribution in [2.24, 2.45) is 11.3 Å². The molecule has 0 radical (unpaired) electrons. The van der Waals surface area contributed by atoms with E-state index in [1.807, 2.05) is 6.20 Å². The van der Waals surface area contributed by atoms with Crippen LogP contribution in [0.3, 0.4) is 0 Å². The summed E-state index contributed by atoms with van der Waals surface area (Å²) >= 11 is 0. The maximum Gasteiger partial charge on any atom is 0.222 e. The lowest BCUT2D eigenvalue weighted by Crippen LogP contribution is -2.32. The second-order valence-corrected chi connectivity index (χ2v) is 6.98. The van der Waals surface area contributed by atoms with E-state index >= 15 is 0 Å². The molecule has 112 valence electrons. The van der Waals surface area contributed by atoms with Crippen LogP contribution in [-0.4, -0.2) is 34.1 Å². The Kier molecular flexibility index (Phi) is 4.84. The normalized spacial score (nSPS) is 20.8. The highest BCUT2D eigenvalue weighted by molar-refractivity contribution is 5.76. The third-order valence-corrected chi connectivity index (χ3v) is 4.49. The summed E-state index contributed by atoms with van der Waals surface area (Å²) in [7, 11) is 0. The Labute approximate surface area is 121 Å². The van der Waals surface area contributed by atoms with Crippen LogP contribution in [0.1, 0.15) is 52.0 Å². The molecule has 20 heavy (non-hydrogen) atoms. The van der Waals surface area contributed by atoms with Gasteiger partial charge in [-0.05, 0) is 42.6 Å². The molecular formula is C16H27N3O. The summed E-state index contributed by atoms with van der Waals surface area (Å²) in [5.74, 6) is 1.02. The second kappa shape index (κ2) is 6.42. The zero-order valence-corrected chi connectivity index (χ0v) is 13.0. The van der Waals surface area contributed by atoms with Crippen LogP contribution in [0.5, 0.6) is 0 Å². The summed E-state index contributed by atoms with van der Waals surface area (Å²) in [6.45, 7) is 8.79. The molecule has 1 aliphatic heterocycles. The van der Waals surface area contributed by atoms with E-state index < -0.39 is 0 Å². The van der Waals surface area contributed by atoms with Crippen molar-refractivity contribution in [3.05, 3.63) is 18.0 Å². The molecule has 1 atom stereocenters. The van der Waals surface area contributed by atoms with Crippen molar-refractivity contribution in [3.63, 3.8) is 0 Å². The van der Waals surface area contributed by atoms with Gasteiger partial charge in [-0.15, -0.1) is 0 Å². The SMILES string of the molecule is CC(C)(C)[C@@H]1CCCN(C(=O)CCc2cn[nH]c2)CC1. The number of hydrogen-bond acceptors (Lipinski definition) is 2. The standard InChI is InChI=1S/C16H27N3O/c1-16(2,3)14-5-4-9-19(10-8-14)15(20)7-6-13-11-17-18-12-13/h11-12,14H,4-10H2,1-3H3,(H,17,18)/t14-/m1/s1. The molecule has 0 bridgehead atoms. The number of rotatable bonds is 3. The fourth-order valence-electron chi connectivity index (χ4n) is 3.04. The molecule has 1 aromatic heterocycles. The smallest absolute Gasteiger partial charge is 0.222 e. The van der Waals surface area contributed by atoms with Crippen LogP contribution in [0.15, 0.2) is 12.4 Å². The molecule has 4 heteroatoms. The van der Waals surface area contributed by atoms with Crippen LogP contribution in [-0.2, 0) is 11.2 Å². The first-order valence-corrected chi connectivity index (χ1v) is 7.72. The van der Waals surface area contributed by atoms with Gasteiger partial charge in [-0.3, -0.25) is 9.89 Å². The molecule has 1 N–H and O–H groups in total. The number of carbonyl (C=O) groups is 1. The van der Waals surface area contributed by atoms with Crippen molar-refractivity contribution in [3.8, 4) is 0 Å². The minimum Gasteiger partial charge on any atom is -0.343 e. The molecule has 0 saturated carbocycles. The largest absolute Gasteiger partial charge is 0.343 e. The Bertz CT molecular complexity index is 419. The molecule has 0 aromatic carbocycles. The molecule has 2 heterocycles. The summed E-state index contributed by atoms with van der Waals surface area (Å²) < 4.78 is 0. The van der Waals surface area contributed by atoms with E-state index in [0.29, 0.717) is 17.7 Å². The average Bonchev–Trinajstić information content (AvgIpc) is 2.76. The molecule has 1 fully saturated rings. The third-order valence-electron chi connectivity index (χ3n) is 4.49. The van der Waals surface area contributed by atoms with Crippen molar-refractivity contribution in [1.29, 1.82) is 0 Å². The summed E-state index contributed by atoms with van der Waals surface area (Å²) in [4.78, 5) is 14.4. The van der Waals surface area contributed by atoms with Crippen LogP contribution in [0.25, 0.3) is 0 Å². The Balaban J connectivity index is 1.82. The van der Waals surface area contributed by atoms with E-state index in [0.717, 1.165) is 43.8 Å². The lowest BCUT2D eigenvalue weighted by atomic mass is 9.77. The van der Waals surface area contributed by atoms with Gasteiger partial charge < -0.3 is 4.90 Å². The second-order valence-electron chi connectivity index (χ2n) is 6.98. The molecule has 0 aliphatic carbocycles. The minimum absolute atomic E-state index is 0.292. The topological polar surface area (TPSA) is 49.0 Å². The van der Waals surface area contributed by atoms with E-state index in [1.165, 1.54) is 6.42 Å². The van der Waals surface area contributed by atoms with Crippen LogP contribution in [0.2, 0.25) is 0 Å². The fourth-order valence-corrected chi connectivity index (χ4v) is 3.04. The Morgan fingerprint density at radius 1 is 1.40 bits per heavy atom. The zero-order valence-electron chi connectivity index (χ0n) is 13.0. The zero-order chi connectivity index (χ0) is 14.6. The van der Waals surface area contributed by atoms with Crippen LogP contribution in [0, 0.1) is 11.3 Å². The number of aromatic amines is 1. The van der Waals surface area contributed by atoms with Crippen LogP contribution in [0.4, 0.5) is 0 Å². The summed E-state index contributed by atoms with van der Waals surface area (Å²) in [5.41, 5.74) is 1.47. The minimum atomic E-state index is 0.292. The van der Waals surface area contributed by atoms with E-state index in [-0.39, 0.29) is 0 Å². The van der Waals surface area contributed by atoms with Crippen molar-refractivity contribution in [2.75, 3.05) is 13.1 Å². The van der Waals surface area contributed by atoms with Gasteiger partial charge in [0.25, 0.3) is 0 Å². The Morgan fingerprint density at radius 3 is 2.85 bits per heavy atom. The molecule has 0 spiro atoms.